The van der Waals surface area contributed by atoms with Crippen LogP contribution >= 0.6 is 0 Å². The number of rotatable bonds is 1. The standard InChI is InChI=1S/C6H10N2O2/c9-4-5-1-7-3-6(10)8-2-5/h4-5,7H,1-3H2,(H,8,10). The first kappa shape index (κ1) is 7.21. The second-order valence-corrected chi connectivity index (χ2v) is 2.33. The van der Waals surface area contributed by atoms with E-state index in [1.54, 1.807) is 0 Å². The lowest BCUT2D eigenvalue weighted by Gasteiger charge is -2.02. The molecular formula is C6H10N2O2. The molecule has 1 unspecified atom stereocenters. The molecule has 1 rings (SSSR count). The lowest BCUT2D eigenvalue weighted by atomic mass is 10.2. The highest BCUT2D eigenvalue weighted by Crippen LogP contribution is 1.89. The largest absolute Gasteiger partial charge is 0.354 e. The molecule has 0 aromatic carbocycles. The molecule has 1 aliphatic heterocycles. The predicted molar refractivity (Wildman–Crippen MR) is 35.4 cm³/mol. The van der Waals surface area contributed by atoms with Crippen LogP contribution in [-0.4, -0.2) is 31.8 Å². The zero-order valence-electron chi connectivity index (χ0n) is 5.59. The van der Waals surface area contributed by atoms with Gasteiger partial charge in [0.05, 0.1) is 6.54 Å². The molecule has 1 aliphatic rings. The maximum Gasteiger partial charge on any atom is 0.233 e. The smallest absolute Gasteiger partial charge is 0.233 e. The van der Waals surface area contributed by atoms with E-state index in [2.05, 4.69) is 10.6 Å². The van der Waals surface area contributed by atoms with Crippen LogP contribution in [0.2, 0.25) is 0 Å². The van der Waals surface area contributed by atoms with Crippen LogP contribution in [0.15, 0.2) is 0 Å². The van der Waals surface area contributed by atoms with Crippen molar-refractivity contribution >= 4 is 12.2 Å². The lowest BCUT2D eigenvalue weighted by Crippen LogP contribution is -2.29. The quantitative estimate of drug-likeness (QED) is 0.439. The maximum atomic E-state index is 10.7. The highest BCUT2D eigenvalue weighted by molar-refractivity contribution is 5.78. The van der Waals surface area contributed by atoms with Gasteiger partial charge in [-0.3, -0.25) is 4.79 Å². The Bertz CT molecular complexity index is 147. The van der Waals surface area contributed by atoms with Crippen molar-refractivity contribution in [2.75, 3.05) is 19.6 Å². The zero-order valence-corrected chi connectivity index (χ0v) is 5.59. The van der Waals surface area contributed by atoms with Crippen molar-refractivity contribution in [3.05, 3.63) is 0 Å². The summed E-state index contributed by atoms with van der Waals surface area (Å²) in [6.45, 7) is 1.39. The number of aldehydes is 1. The van der Waals surface area contributed by atoms with Gasteiger partial charge in [0.2, 0.25) is 5.91 Å². The van der Waals surface area contributed by atoms with Crippen molar-refractivity contribution in [3.8, 4) is 0 Å². The molecule has 1 saturated heterocycles. The molecule has 4 heteroatoms. The molecule has 2 N–H and O–H groups in total. The van der Waals surface area contributed by atoms with Gasteiger partial charge in [0.25, 0.3) is 0 Å². The topological polar surface area (TPSA) is 58.2 Å². The number of carbonyl (C=O) groups is 2. The molecule has 4 nitrogen and oxygen atoms in total. The minimum absolute atomic E-state index is 0.0376. The Labute approximate surface area is 59.0 Å². The summed E-state index contributed by atoms with van der Waals surface area (Å²) in [5.41, 5.74) is 0. The number of hydrogen-bond acceptors (Lipinski definition) is 3. The molecule has 1 fully saturated rings. The summed E-state index contributed by atoms with van der Waals surface area (Å²) in [4.78, 5) is 20.9. The summed E-state index contributed by atoms with van der Waals surface area (Å²) in [6.07, 6.45) is 0.860. The second kappa shape index (κ2) is 3.31. The molecule has 0 aliphatic carbocycles. The zero-order chi connectivity index (χ0) is 7.40. The third kappa shape index (κ3) is 1.80. The van der Waals surface area contributed by atoms with Crippen molar-refractivity contribution in [1.82, 2.24) is 10.6 Å². The molecule has 1 atom stereocenters. The number of nitrogens with one attached hydrogen (secondary N) is 2. The van der Waals surface area contributed by atoms with Crippen molar-refractivity contribution in [2.24, 2.45) is 5.92 Å². The molecule has 0 radical (unpaired) electrons. The lowest BCUT2D eigenvalue weighted by molar-refractivity contribution is -0.119. The minimum atomic E-state index is -0.0635. The Morgan fingerprint density at radius 1 is 1.50 bits per heavy atom. The SMILES string of the molecule is O=CC1CNCC(=O)NC1. The first-order chi connectivity index (χ1) is 4.83. The molecule has 0 aromatic heterocycles. The van der Waals surface area contributed by atoms with Gasteiger partial charge in [-0.2, -0.15) is 0 Å². The van der Waals surface area contributed by atoms with Crippen LogP contribution in [0.3, 0.4) is 0 Å². The maximum absolute atomic E-state index is 10.7. The van der Waals surface area contributed by atoms with Gasteiger partial charge in [0.1, 0.15) is 6.29 Å². The molecule has 0 spiro atoms. The Morgan fingerprint density at radius 2 is 2.30 bits per heavy atom. The fourth-order valence-corrected chi connectivity index (χ4v) is 0.847. The van der Waals surface area contributed by atoms with Crippen LogP contribution in [-0.2, 0) is 9.59 Å². The molecule has 10 heavy (non-hydrogen) atoms. The summed E-state index contributed by atoms with van der Waals surface area (Å²) in [5.74, 6) is -0.101. The first-order valence-corrected chi connectivity index (χ1v) is 3.25. The van der Waals surface area contributed by atoms with E-state index in [1.165, 1.54) is 0 Å². The van der Waals surface area contributed by atoms with Crippen LogP contribution in [0.25, 0.3) is 0 Å². The highest BCUT2D eigenvalue weighted by Gasteiger charge is 2.13. The van der Waals surface area contributed by atoms with Crippen LogP contribution < -0.4 is 10.6 Å². The van der Waals surface area contributed by atoms with E-state index in [0.29, 0.717) is 19.6 Å². The summed E-state index contributed by atoms with van der Waals surface area (Å²) < 4.78 is 0. The third-order valence-electron chi connectivity index (χ3n) is 1.45. The summed E-state index contributed by atoms with van der Waals surface area (Å²) in [5, 5.41) is 5.47. The monoisotopic (exact) mass is 142 g/mol. The Hall–Kier alpha value is -0.900. The van der Waals surface area contributed by atoms with Gasteiger partial charge in [-0.15, -0.1) is 0 Å². The normalized spacial score (nSPS) is 26.8. The van der Waals surface area contributed by atoms with Gasteiger partial charge in [-0.05, 0) is 0 Å². The molecule has 0 aromatic rings. The van der Waals surface area contributed by atoms with Gasteiger partial charge in [0.15, 0.2) is 0 Å². The van der Waals surface area contributed by atoms with E-state index in [0.717, 1.165) is 6.29 Å². The molecule has 0 bridgehead atoms. The fourth-order valence-electron chi connectivity index (χ4n) is 0.847. The van der Waals surface area contributed by atoms with Crippen LogP contribution in [0, 0.1) is 5.92 Å². The number of amides is 1. The van der Waals surface area contributed by atoms with Gasteiger partial charge >= 0.3 is 0 Å². The van der Waals surface area contributed by atoms with E-state index in [1.807, 2.05) is 0 Å². The average Bonchev–Trinajstić information content (AvgIpc) is 2.14. The van der Waals surface area contributed by atoms with E-state index in [4.69, 9.17) is 0 Å². The van der Waals surface area contributed by atoms with E-state index in [-0.39, 0.29) is 11.8 Å². The third-order valence-corrected chi connectivity index (χ3v) is 1.45. The van der Waals surface area contributed by atoms with Gasteiger partial charge in [-0.1, -0.05) is 0 Å². The molecule has 1 heterocycles. The van der Waals surface area contributed by atoms with Crippen molar-refractivity contribution in [1.29, 1.82) is 0 Å². The molecule has 0 saturated carbocycles. The Morgan fingerprint density at radius 3 is 3.00 bits per heavy atom. The number of carbonyl (C=O) groups excluding carboxylic acids is 2. The predicted octanol–water partition coefficient (Wildman–Crippen LogP) is -1.48. The van der Waals surface area contributed by atoms with E-state index in [9.17, 15) is 9.59 Å². The minimum Gasteiger partial charge on any atom is -0.354 e. The fraction of sp³-hybridized carbons (Fsp3) is 0.667. The average molecular weight is 142 g/mol. The first-order valence-electron chi connectivity index (χ1n) is 3.25. The van der Waals surface area contributed by atoms with Gasteiger partial charge < -0.3 is 15.4 Å². The van der Waals surface area contributed by atoms with Crippen LogP contribution in [0.4, 0.5) is 0 Å². The van der Waals surface area contributed by atoms with Crippen LogP contribution in [0.1, 0.15) is 0 Å². The summed E-state index contributed by atoms with van der Waals surface area (Å²) in [6, 6.07) is 0. The van der Waals surface area contributed by atoms with E-state index >= 15 is 0 Å². The highest BCUT2D eigenvalue weighted by atomic mass is 16.2. The molecule has 1 amide bonds. The second-order valence-electron chi connectivity index (χ2n) is 2.33. The van der Waals surface area contributed by atoms with Crippen LogP contribution in [0.5, 0.6) is 0 Å². The van der Waals surface area contributed by atoms with Crippen molar-refractivity contribution < 1.29 is 9.59 Å². The van der Waals surface area contributed by atoms with Gasteiger partial charge in [0, 0.05) is 19.0 Å². The number of hydrogen-bond donors (Lipinski definition) is 2. The molecule has 56 valence electrons. The van der Waals surface area contributed by atoms with Gasteiger partial charge in [-0.25, -0.2) is 0 Å². The Kier molecular flexibility index (Phi) is 2.39. The van der Waals surface area contributed by atoms with Crippen molar-refractivity contribution in [2.45, 2.75) is 0 Å². The Balaban J connectivity index is 2.40. The van der Waals surface area contributed by atoms with E-state index < -0.39 is 0 Å². The summed E-state index contributed by atoms with van der Waals surface area (Å²) in [7, 11) is 0. The molecular weight excluding hydrogens is 132 g/mol. The van der Waals surface area contributed by atoms with Crippen molar-refractivity contribution in [3.63, 3.8) is 0 Å². The summed E-state index contributed by atoms with van der Waals surface area (Å²) >= 11 is 0.